The molecule has 1 aliphatic rings. The third-order valence-electron chi connectivity index (χ3n) is 6.59. The first-order chi connectivity index (χ1) is 16.6. The van der Waals surface area contributed by atoms with Gasteiger partial charge >= 0.3 is 0 Å². The van der Waals surface area contributed by atoms with E-state index in [0.717, 1.165) is 33.8 Å². The van der Waals surface area contributed by atoms with E-state index >= 15 is 0 Å². The van der Waals surface area contributed by atoms with Gasteiger partial charge in [-0.1, -0.05) is 53.6 Å². The second-order valence-corrected chi connectivity index (χ2v) is 11.6. The van der Waals surface area contributed by atoms with Gasteiger partial charge in [0, 0.05) is 5.02 Å². The van der Waals surface area contributed by atoms with Crippen molar-refractivity contribution in [1.82, 2.24) is 5.32 Å². The van der Waals surface area contributed by atoms with E-state index in [4.69, 9.17) is 11.6 Å². The Morgan fingerprint density at radius 2 is 1.66 bits per heavy atom. The first kappa shape index (κ1) is 25.3. The summed E-state index contributed by atoms with van der Waals surface area (Å²) in [5, 5.41) is 3.42. The van der Waals surface area contributed by atoms with E-state index in [0.29, 0.717) is 10.7 Å². The summed E-state index contributed by atoms with van der Waals surface area (Å²) in [6.07, 6.45) is 4.55. The molecule has 0 aliphatic heterocycles. The number of hydrogen-bond acceptors (Lipinski definition) is 3. The largest absolute Gasteiger partial charge is 0.348 e. The number of rotatable bonds is 7. The van der Waals surface area contributed by atoms with Crippen molar-refractivity contribution in [1.29, 1.82) is 0 Å². The van der Waals surface area contributed by atoms with Gasteiger partial charge in [-0.25, -0.2) is 8.42 Å². The number of anilines is 1. The van der Waals surface area contributed by atoms with Crippen molar-refractivity contribution >= 4 is 33.2 Å². The molecule has 1 amide bonds. The van der Waals surface area contributed by atoms with Crippen LogP contribution in [0.25, 0.3) is 0 Å². The highest BCUT2D eigenvalue weighted by atomic mass is 35.5. The predicted molar refractivity (Wildman–Crippen MR) is 142 cm³/mol. The van der Waals surface area contributed by atoms with Crippen molar-refractivity contribution in [3.8, 4) is 0 Å². The monoisotopic (exact) mass is 510 g/mol. The summed E-state index contributed by atoms with van der Waals surface area (Å²) >= 11 is 6.31. The molecule has 35 heavy (non-hydrogen) atoms. The molecule has 0 heterocycles. The number of carbonyl (C=O) groups is 1. The molecule has 0 fully saturated rings. The maximum Gasteiger partial charge on any atom is 0.264 e. The molecule has 1 unspecified atom stereocenters. The number of carbonyl (C=O) groups excluding carboxylic acids is 1. The van der Waals surface area contributed by atoms with Gasteiger partial charge in [0.25, 0.3) is 10.0 Å². The van der Waals surface area contributed by atoms with E-state index in [1.165, 1.54) is 24.0 Å². The second kappa shape index (κ2) is 10.4. The second-order valence-electron chi connectivity index (χ2n) is 9.28. The van der Waals surface area contributed by atoms with Crippen LogP contribution in [0.1, 0.15) is 53.6 Å². The third-order valence-corrected chi connectivity index (χ3v) is 8.78. The van der Waals surface area contributed by atoms with E-state index < -0.39 is 10.0 Å². The summed E-state index contributed by atoms with van der Waals surface area (Å²) in [5.41, 5.74) is 5.86. The highest BCUT2D eigenvalue weighted by Gasteiger charge is 2.28. The van der Waals surface area contributed by atoms with Crippen molar-refractivity contribution in [3.63, 3.8) is 0 Å². The van der Waals surface area contributed by atoms with E-state index in [1.54, 1.807) is 42.5 Å². The van der Waals surface area contributed by atoms with Crippen LogP contribution in [0.2, 0.25) is 5.02 Å². The van der Waals surface area contributed by atoms with Gasteiger partial charge in [0.2, 0.25) is 5.91 Å². The lowest BCUT2D eigenvalue weighted by Crippen LogP contribution is -2.41. The van der Waals surface area contributed by atoms with Crippen LogP contribution in [-0.2, 0) is 27.7 Å². The summed E-state index contributed by atoms with van der Waals surface area (Å²) in [7, 11) is -3.99. The SMILES string of the molecule is Cc1ccc(S(=O)(=O)N(CC(=O)NC(C)c2ccc3c(c2)CCCC3)c2ccc(C)c(Cl)c2)cc1. The van der Waals surface area contributed by atoms with Gasteiger partial charge < -0.3 is 5.32 Å². The van der Waals surface area contributed by atoms with Gasteiger partial charge in [0.05, 0.1) is 16.6 Å². The molecule has 1 aliphatic carbocycles. The minimum atomic E-state index is -3.99. The normalized spacial score (nSPS) is 14.2. The van der Waals surface area contributed by atoms with E-state index in [2.05, 4.69) is 23.5 Å². The maximum atomic E-state index is 13.6. The molecule has 1 N–H and O–H groups in total. The molecular formula is C28H31ClN2O3S. The number of benzene rings is 3. The summed E-state index contributed by atoms with van der Waals surface area (Å²) < 4.78 is 28.3. The Hall–Kier alpha value is -2.83. The van der Waals surface area contributed by atoms with Gasteiger partial charge in [0.1, 0.15) is 6.54 Å². The van der Waals surface area contributed by atoms with Crippen LogP contribution in [0.3, 0.4) is 0 Å². The Labute approximate surface area is 213 Å². The number of nitrogens with one attached hydrogen (secondary N) is 1. The average Bonchev–Trinajstić information content (AvgIpc) is 2.84. The fourth-order valence-electron chi connectivity index (χ4n) is 4.41. The van der Waals surface area contributed by atoms with Gasteiger partial charge in [-0.05, 0) is 93.0 Å². The van der Waals surface area contributed by atoms with E-state index in [-0.39, 0.29) is 23.4 Å². The Morgan fingerprint density at radius 3 is 2.34 bits per heavy atom. The summed E-state index contributed by atoms with van der Waals surface area (Å²) in [6.45, 7) is 5.30. The van der Waals surface area contributed by atoms with Crippen LogP contribution >= 0.6 is 11.6 Å². The highest BCUT2D eigenvalue weighted by Crippen LogP contribution is 2.29. The molecule has 0 spiro atoms. The van der Waals surface area contributed by atoms with Gasteiger partial charge in [-0.2, -0.15) is 0 Å². The number of sulfonamides is 1. The van der Waals surface area contributed by atoms with Crippen LogP contribution in [0.5, 0.6) is 0 Å². The minimum Gasteiger partial charge on any atom is -0.348 e. The topological polar surface area (TPSA) is 66.5 Å². The molecule has 3 aromatic carbocycles. The number of amides is 1. The van der Waals surface area contributed by atoms with Crippen LogP contribution in [0.15, 0.2) is 65.6 Å². The van der Waals surface area contributed by atoms with Crippen LogP contribution < -0.4 is 9.62 Å². The zero-order valence-corrected chi connectivity index (χ0v) is 21.9. The number of halogens is 1. The Kier molecular flexibility index (Phi) is 7.53. The van der Waals surface area contributed by atoms with Gasteiger partial charge in [0.15, 0.2) is 0 Å². The lowest BCUT2D eigenvalue weighted by atomic mass is 9.89. The van der Waals surface area contributed by atoms with Crippen LogP contribution in [0.4, 0.5) is 5.69 Å². The Bertz CT molecular complexity index is 1340. The summed E-state index contributed by atoms with van der Waals surface area (Å²) in [4.78, 5) is 13.3. The fraction of sp³-hybridized carbons (Fsp3) is 0.321. The Morgan fingerprint density at radius 1 is 0.971 bits per heavy atom. The molecule has 4 rings (SSSR count). The van der Waals surface area contributed by atoms with Gasteiger partial charge in [-0.15, -0.1) is 0 Å². The van der Waals surface area contributed by atoms with Crippen molar-refractivity contribution in [2.45, 2.75) is 57.4 Å². The van der Waals surface area contributed by atoms with Gasteiger partial charge in [-0.3, -0.25) is 9.10 Å². The minimum absolute atomic E-state index is 0.121. The van der Waals surface area contributed by atoms with E-state index in [1.807, 2.05) is 20.8 Å². The number of fused-ring (bicyclic) bond motifs is 1. The lowest BCUT2D eigenvalue weighted by Gasteiger charge is -2.26. The standard InChI is InChI=1S/C28H31ClN2O3S/c1-19-8-14-26(15-9-19)35(33,34)31(25-13-10-20(2)27(29)17-25)18-28(32)30-21(3)23-12-11-22-6-4-5-7-24(22)16-23/h8-17,21H,4-7,18H2,1-3H3,(H,30,32). The summed E-state index contributed by atoms with van der Waals surface area (Å²) in [5.74, 6) is -0.386. The van der Waals surface area contributed by atoms with Crippen molar-refractivity contribution in [3.05, 3.63) is 93.5 Å². The number of aryl methyl sites for hydroxylation is 4. The molecule has 0 bridgehead atoms. The molecule has 7 heteroatoms. The molecule has 0 aromatic heterocycles. The molecule has 0 saturated carbocycles. The summed E-state index contributed by atoms with van der Waals surface area (Å²) in [6, 6.07) is 17.7. The smallest absolute Gasteiger partial charge is 0.264 e. The van der Waals surface area contributed by atoms with E-state index in [9.17, 15) is 13.2 Å². The molecule has 184 valence electrons. The molecule has 3 aromatic rings. The third kappa shape index (κ3) is 5.71. The first-order valence-corrected chi connectivity index (χ1v) is 13.7. The lowest BCUT2D eigenvalue weighted by molar-refractivity contribution is -0.120. The fourth-order valence-corrected chi connectivity index (χ4v) is 6.00. The molecule has 0 radical (unpaired) electrons. The van der Waals surface area contributed by atoms with Crippen molar-refractivity contribution < 1.29 is 13.2 Å². The Balaban J connectivity index is 1.59. The number of hydrogen-bond donors (Lipinski definition) is 1. The van der Waals surface area contributed by atoms with Crippen LogP contribution in [-0.4, -0.2) is 20.9 Å². The highest BCUT2D eigenvalue weighted by molar-refractivity contribution is 7.92. The molecular weight excluding hydrogens is 480 g/mol. The molecule has 5 nitrogen and oxygen atoms in total. The van der Waals surface area contributed by atoms with Crippen LogP contribution in [0, 0.1) is 13.8 Å². The first-order valence-electron chi connectivity index (χ1n) is 11.9. The zero-order valence-electron chi connectivity index (χ0n) is 20.3. The average molecular weight is 511 g/mol. The van der Waals surface area contributed by atoms with Crippen molar-refractivity contribution in [2.75, 3.05) is 10.8 Å². The molecule has 0 saturated heterocycles. The quantitative estimate of drug-likeness (QED) is 0.429. The molecule has 1 atom stereocenters. The zero-order chi connectivity index (χ0) is 25.2. The predicted octanol–water partition coefficient (Wildman–Crippen LogP) is 5.91. The number of nitrogens with zero attached hydrogens (tertiary/aromatic N) is 1. The maximum absolute atomic E-state index is 13.6. The van der Waals surface area contributed by atoms with Crippen molar-refractivity contribution in [2.24, 2.45) is 0 Å².